The third-order valence-electron chi connectivity index (χ3n) is 2.65. The van der Waals surface area contributed by atoms with Crippen molar-refractivity contribution in [3.8, 4) is 0 Å². The van der Waals surface area contributed by atoms with Crippen molar-refractivity contribution in [2.24, 2.45) is 7.05 Å². The molecule has 1 heterocycles. The van der Waals surface area contributed by atoms with Gasteiger partial charge in [-0.15, -0.1) is 0 Å². The fraction of sp³-hybridized carbons (Fsp3) is 0.250. The third kappa shape index (κ3) is 2.76. The first-order valence-electron chi connectivity index (χ1n) is 5.58. The Kier molecular flexibility index (Phi) is 3.32. The molecule has 0 radical (unpaired) electrons. The molecule has 2 aromatic rings. The van der Waals surface area contributed by atoms with Gasteiger partial charge < -0.3 is 0 Å². The Hall–Kier alpha value is -1.89. The van der Waals surface area contributed by atoms with E-state index in [1.54, 1.807) is 27.1 Å². The van der Waals surface area contributed by atoms with Crippen molar-refractivity contribution < 1.29 is 12.8 Å². The average Bonchev–Trinajstić information content (AvgIpc) is 2.60. The third-order valence-corrected chi connectivity index (χ3v) is 4.34. The predicted molar refractivity (Wildman–Crippen MR) is 69.9 cm³/mol. The van der Waals surface area contributed by atoms with Gasteiger partial charge in [-0.1, -0.05) is 0 Å². The van der Waals surface area contributed by atoms with Crippen LogP contribution in [0, 0.1) is 19.7 Å². The van der Waals surface area contributed by atoms with Crippen molar-refractivity contribution in [2.45, 2.75) is 18.7 Å². The molecule has 0 fully saturated rings. The fourth-order valence-corrected chi connectivity index (χ4v) is 3.48. The molecule has 0 aliphatic carbocycles. The van der Waals surface area contributed by atoms with Gasteiger partial charge in [0.1, 0.15) is 5.82 Å². The molecule has 2 rings (SSSR count). The molecule has 0 amide bonds. The van der Waals surface area contributed by atoms with Crippen LogP contribution in [0.5, 0.6) is 0 Å². The Balaban J connectivity index is 2.45. The van der Waals surface area contributed by atoms with Crippen molar-refractivity contribution in [3.05, 3.63) is 41.5 Å². The number of hydrogen-bond acceptors (Lipinski definition) is 3. The Morgan fingerprint density at radius 3 is 2.32 bits per heavy atom. The first-order valence-corrected chi connectivity index (χ1v) is 7.06. The average molecular weight is 283 g/mol. The zero-order chi connectivity index (χ0) is 14.2. The topological polar surface area (TPSA) is 64.0 Å². The molecule has 102 valence electrons. The molecule has 0 aliphatic heterocycles. The number of sulfonamides is 1. The van der Waals surface area contributed by atoms with Crippen LogP contribution in [0.2, 0.25) is 0 Å². The summed E-state index contributed by atoms with van der Waals surface area (Å²) in [5, 5.41) is 3.88. The van der Waals surface area contributed by atoms with Gasteiger partial charge in [0.15, 0.2) is 0 Å². The Morgan fingerprint density at radius 1 is 1.26 bits per heavy atom. The Labute approximate surface area is 111 Å². The molecule has 19 heavy (non-hydrogen) atoms. The lowest BCUT2D eigenvalue weighted by molar-refractivity contribution is 0.597. The molecular weight excluding hydrogens is 269 g/mol. The van der Waals surface area contributed by atoms with E-state index in [-0.39, 0.29) is 4.90 Å². The minimum atomic E-state index is -3.75. The monoisotopic (exact) mass is 283 g/mol. The van der Waals surface area contributed by atoms with Gasteiger partial charge >= 0.3 is 0 Å². The number of aromatic nitrogens is 2. The number of rotatable bonds is 3. The number of hydrogen-bond donors (Lipinski definition) is 1. The van der Waals surface area contributed by atoms with Crippen LogP contribution in [0.4, 0.5) is 10.1 Å². The Morgan fingerprint density at radius 2 is 1.84 bits per heavy atom. The first kappa shape index (κ1) is 13.5. The summed E-state index contributed by atoms with van der Waals surface area (Å²) in [6.45, 7) is 3.13. The van der Waals surface area contributed by atoms with Crippen LogP contribution in [0.15, 0.2) is 29.4 Å². The summed E-state index contributed by atoms with van der Waals surface area (Å²) in [5.41, 5.74) is 1.11. The van der Waals surface area contributed by atoms with Crippen molar-refractivity contribution >= 4 is 15.7 Å². The van der Waals surface area contributed by atoms with E-state index in [4.69, 9.17) is 0 Å². The second-order valence-electron chi connectivity index (χ2n) is 4.38. The number of halogens is 1. The number of nitrogens with one attached hydrogen (secondary N) is 1. The highest BCUT2D eigenvalue weighted by Gasteiger charge is 2.20. The SMILES string of the molecule is Cc1cc(F)cc(C)c1S(=O)(=O)Nc1cnn(C)c1. The molecule has 0 bridgehead atoms. The smallest absolute Gasteiger partial charge is 0.262 e. The fourth-order valence-electron chi connectivity index (χ4n) is 2.00. The van der Waals surface area contributed by atoms with E-state index in [2.05, 4.69) is 9.82 Å². The molecule has 0 unspecified atom stereocenters. The van der Waals surface area contributed by atoms with Crippen LogP contribution in [0.1, 0.15) is 11.1 Å². The van der Waals surface area contributed by atoms with Crippen molar-refractivity contribution in [1.29, 1.82) is 0 Å². The minimum absolute atomic E-state index is 0.0951. The van der Waals surface area contributed by atoms with Crippen LogP contribution >= 0.6 is 0 Å². The van der Waals surface area contributed by atoms with Crippen LogP contribution < -0.4 is 4.72 Å². The van der Waals surface area contributed by atoms with Gasteiger partial charge in [-0.3, -0.25) is 9.40 Å². The highest BCUT2D eigenvalue weighted by Crippen LogP contribution is 2.23. The number of nitrogens with zero attached hydrogens (tertiary/aromatic N) is 2. The van der Waals surface area contributed by atoms with Gasteiger partial charge in [-0.25, -0.2) is 12.8 Å². The van der Waals surface area contributed by atoms with Crippen molar-refractivity contribution in [2.75, 3.05) is 4.72 Å². The molecule has 0 spiro atoms. The molecule has 0 saturated carbocycles. The van der Waals surface area contributed by atoms with Crippen LogP contribution in [0.3, 0.4) is 0 Å². The molecule has 1 aromatic heterocycles. The van der Waals surface area contributed by atoms with E-state index in [0.717, 1.165) is 0 Å². The first-order chi connectivity index (χ1) is 8.79. The molecule has 0 aliphatic rings. The Bertz CT molecular complexity index is 699. The summed E-state index contributed by atoms with van der Waals surface area (Å²) in [7, 11) is -2.06. The van der Waals surface area contributed by atoms with Gasteiger partial charge in [-0.05, 0) is 37.1 Å². The van der Waals surface area contributed by atoms with E-state index in [1.165, 1.54) is 23.0 Å². The summed E-state index contributed by atoms with van der Waals surface area (Å²) in [6.07, 6.45) is 2.96. The lowest BCUT2D eigenvalue weighted by Gasteiger charge is -2.11. The van der Waals surface area contributed by atoms with E-state index in [1.807, 2.05) is 0 Å². The summed E-state index contributed by atoms with van der Waals surface area (Å²) in [4.78, 5) is 0.0951. The normalized spacial score (nSPS) is 11.6. The maximum absolute atomic E-state index is 13.2. The summed E-state index contributed by atoms with van der Waals surface area (Å²) < 4.78 is 41.7. The maximum atomic E-state index is 13.2. The van der Waals surface area contributed by atoms with Crippen molar-refractivity contribution in [1.82, 2.24) is 9.78 Å². The zero-order valence-electron chi connectivity index (χ0n) is 10.8. The second-order valence-corrected chi connectivity index (χ2v) is 6.00. The van der Waals surface area contributed by atoms with Crippen LogP contribution in [0.25, 0.3) is 0 Å². The van der Waals surface area contributed by atoms with Gasteiger partial charge in [0.05, 0.1) is 16.8 Å². The summed E-state index contributed by atoms with van der Waals surface area (Å²) >= 11 is 0. The van der Waals surface area contributed by atoms with E-state index in [0.29, 0.717) is 16.8 Å². The molecule has 1 N–H and O–H groups in total. The quantitative estimate of drug-likeness (QED) is 0.936. The summed E-state index contributed by atoms with van der Waals surface area (Å²) in [6, 6.07) is 2.40. The number of benzene rings is 1. The predicted octanol–water partition coefficient (Wildman–Crippen LogP) is 1.98. The van der Waals surface area contributed by atoms with Gasteiger partial charge in [-0.2, -0.15) is 5.10 Å². The van der Waals surface area contributed by atoms with Crippen LogP contribution in [-0.4, -0.2) is 18.2 Å². The van der Waals surface area contributed by atoms with Gasteiger partial charge in [0.25, 0.3) is 10.0 Å². The molecule has 7 heteroatoms. The van der Waals surface area contributed by atoms with E-state index >= 15 is 0 Å². The van der Waals surface area contributed by atoms with Crippen molar-refractivity contribution in [3.63, 3.8) is 0 Å². The lowest BCUT2D eigenvalue weighted by Crippen LogP contribution is -2.15. The molecule has 0 atom stereocenters. The molecule has 0 saturated heterocycles. The standard InChI is InChI=1S/C12H14FN3O2S/c1-8-4-10(13)5-9(2)12(8)19(17,18)15-11-6-14-16(3)7-11/h4-7,15H,1-3H3. The van der Waals surface area contributed by atoms with Crippen LogP contribution in [-0.2, 0) is 17.1 Å². The minimum Gasteiger partial charge on any atom is -0.276 e. The maximum Gasteiger partial charge on any atom is 0.262 e. The second kappa shape index (κ2) is 4.65. The zero-order valence-corrected chi connectivity index (χ0v) is 11.6. The molecular formula is C12H14FN3O2S. The summed E-state index contributed by atoms with van der Waals surface area (Å²) in [5.74, 6) is -0.449. The highest BCUT2D eigenvalue weighted by atomic mass is 32.2. The largest absolute Gasteiger partial charge is 0.276 e. The highest BCUT2D eigenvalue weighted by molar-refractivity contribution is 7.92. The number of aryl methyl sites for hydroxylation is 3. The van der Waals surface area contributed by atoms with Gasteiger partial charge in [0.2, 0.25) is 0 Å². The van der Waals surface area contributed by atoms with E-state index in [9.17, 15) is 12.8 Å². The number of anilines is 1. The lowest BCUT2D eigenvalue weighted by atomic mass is 10.1. The molecule has 1 aromatic carbocycles. The molecule has 5 nitrogen and oxygen atoms in total. The van der Waals surface area contributed by atoms with E-state index < -0.39 is 15.8 Å². The van der Waals surface area contributed by atoms with Gasteiger partial charge in [0, 0.05) is 13.2 Å².